The predicted octanol–water partition coefficient (Wildman–Crippen LogP) is 3.02. The maximum absolute atomic E-state index is 4.73. The van der Waals surface area contributed by atoms with Crippen LogP contribution >= 0.6 is 11.3 Å². The molecule has 0 aliphatic carbocycles. The second kappa shape index (κ2) is 6.97. The van der Waals surface area contributed by atoms with Crippen molar-refractivity contribution >= 4 is 16.5 Å². The first-order chi connectivity index (χ1) is 8.40. The highest BCUT2D eigenvalue weighted by Crippen LogP contribution is 2.23. The number of nitrogens with one attached hydrogen (secondary N) is 1. The second-order valence-corrected chi connectivity index (χ2v) is 5.54. The summed E-state index contributed by atoms with van der Waals surface area (Å²) in [4.78, 5) is 7.19. The number of nitrogens with zero attached hydrogens (tertiary/aromatic N) is 2. The van der Waals surface area contributed by atoms with Gasteiger partial charge in [-0.2, -0.15) is 0 Å². The van der Waals surface area contributed by atoms with Gasteiger partial charge in [-0.1, -0.05) is 19.8 Å². The van der Waals surface area contributed by atoms with Gasteiger partial charge in [0.15, 0.2) is 5.13 Å². The molecule has 96 valence electrons. The number of hydrogen-bond acceptors (Lipinski definition) is 4. The monoisotopic (exact) mass is 253 g/mol. The Hall–Kier alpha value is -0.610. The van der Waals surface area contributed by atoms with E-state index in [2.05, 4.69) is 22.5 Å². The van der Waals surface area contributed by atoms with Crippen LogP contribution in [0.3, 0.4) is 0 Å². The fraction of sp³-hybridized carbons (Fsp3) is 0.769. The van der Waals surface area contributed by atoms with Crippen LogP contribution in [-0.4, -0.2) is 24.6 Å². The van der Waals surface area contributed by atoms with Crippen molar-refractivity contribution in [3.8, 4) is 0 Å². The van der Waals surface area contributed by atoms with E-state index >= 15 is 0 Å². The van der Waals surface area contributed by atoms with Crippen LogP contribution in [0.1, 0.15) is 44.7 Å². The number of anilines is 1. The van der Waals surface area contributed by atoms with Crippen molar-refractivity contribution in [3.63, 3.8) is 0 Å². The molecule has 2 rings (SSSR count). The largest absolute Gasteiger partial charge is 0.348 e. The van der Waals surface area contributed by atoms with E-state index in [1.165, 1.54) is 56.0 Å². The lowest BCUT2D eigenvalue weighted by molar-refractivity contribution is 0.665. The minimum absolute atomic E-state index is 0.915. The molecule has 0 spiro atoms. The number of aromatic nitrogens is 1. The summed E-state index contributed by atoms with van der Waals surface area (Å²) in [5.74, 6) is 0. The van der Waals surface area contributed by atoms with E-state index < -0.39 is 0 Å². The second-order valence-electron chi connectivity index (χ2n) is 4.70. The molecular formula is C13H23N3S. The summed E-state index contributed by atoms with van der Waals surface area (Å²) in [5.41, 5.74) is 1.20. The van der Waals surface area contributed by atoms with Gasteiger partial charge >= 0.3 is 0 Å². The quantitative estimate of drug-likeness (QED) is 0.818. The van der Waals surface area contributed by atoms with E-state index in [4.69, 9.17) is 4.98 Å². The van der Waals surface area contributed by atoms with E-state index in [-0.39, 0.29) is 0 Å². The third-order valence-electron chi connectivity index (χ3n) is 3.15. The highest BCUT2D eigenvalue weighted by Gasteiger charge is 2.13. The van der Waals surface area contributed by atoms with Crippen LogP contribution in [0.2, 0.25) is 0 Å². The van der Waals surface area contributed by atoms with E-state index in [0.29, 0.717) is 0 Å². The molecule has 1 aromatic rings. The molecule has 1 fully saturated rings. The van der Waals surface area contributed by atoms with Crippen LogP contribution in [0.5, 0.6) is 0 Å². The van der Waals surface area contributed by atoms with E-state index in [0.717, 1.165) is 13.1 Å². The molecule has 0 amide bonds. The van der Waals surface area contributed by atoms with Crippen molar-refractivity contribution in [2.45, 2.75) is 45.6 Å². The summed E-state index contributed by atoms with van der Waals surface area (Å²) in [6.45, 7) is 6.57. The molecule has 17 heavy (non-hydrogen) atoms. The van der Waals surface area contributed by atoms with E-state index in [9.17, 15) is 0 Å². The molecule has 1 aliphatic heterocycles. The van der Waals surface area contributed by atoms with Crippen molar-refractivity contribution < 1.29 is 0 Å². The van der Waals surface area contributed by atoms with Gasteiger partial charge in [-0.3, -0.25) is 0 Å². The Morgan fingerprint density at radius 2 is 2.06 bits per heavy atom. The number of thiazole rings is 1. The smallest absolute Gasteiger partial charge is 0.185 e. The molecule has 2 heterocycles. The van der Waals surface area contributed by atoms with E-state index in [1.807, 2.05) is 0 Å². The normalized spacial score (nSPS) is 17.1. The molecular weight excluding hydrogens is 230 g/mol. The van der Waals surface area contributed by atoms with Crippen LogP contribution in [0.25, 0.3) is 0 Å². The van der Waals surface area contributed by atoms with Crippen molar-refractivity contribution in [3.05, 3.63) is 11.1 Å². The third kappa shape index (κ3) is 3.96. The lowest BCUT2D eigenvalue weighted by Crippen LogP contribution is -2.23. The SMILES string of the molecule is CCCNCc1csc(N2CCCCCC2)n1. The molecule has 1 aliphatic rings. The fourth-order valence-electron chi connectivity index (χ4n) is 2.18. The molecule has 1 N–H and O–H groups in total. The Morgan fingerprint density at radius 3 is 2.76 bits per heavy atom. The van der Waals surface area contributed by atoms with Gasteiger partial charge in [0.25, 0.3) is 0 Å². The summed E-state index contributed by atoms with van der Waals surface area (Å²) in [6, 6.07) is 0. The lowest BCUT2D eigenvalue weighted by atomic mass is 10.2. The zero-order chi connectivity index (χ0) is 11.9. The van der Waals surface area contributed by atoms with Crippen molar-refractivity contribution in [2.24, 2.45) is 0 Å². The number of hydrogen-bond donors (Lipinski definition) is 1. The maximum atomic E-state index is 4.73. The molecule has 1 saturated heterocycles. The summed E-state index contributed by atoms with van der Waals surface area (Å²) >= 11 is 1.80. The molecule has 0 unspecified atom stereocenters. The molecule has 1 aromatic heterocycles. The van der Waals surface area contributed by atoms with Gasteiger partial charge in [0, 0.05) is 25.0 Å². The zero-order valence-corrected chi connectivity index (χ0v) is 11.6. The Labute approximate surface area is 108 Å². The zero-order valence-electron chi connectivity index (χ0n) is 10.7. The Morgan fingerprint density at radius 1 is 1.29 bits per heavy atom. The fourth-order valence-corrected chi connectivity index (χ4v) is 3.06. The van der Waals surface area contributed by atoms with Gasteiger partial charge in [0.2, 0.25) is 0 Å². The van der Waals surface area contributed by atoms with Crippen LogP contribution in [-0.2, 0) is 6.54 Å². The average Bonchev–Trinajstić information content (AvgIpc) is 2.64. The minimum Gasteiger partial charge on any atom is -0.348 e. The first-order valence-corrected chi connectivity index (χ1v) is 7.68. The highest BCUT2D eigenvalue weighted by atomic mass is 32.1. The van der Waals surface area contributed by atoms with Gasteiger partial charge in [-0.05, 0) is 25.8 Å². The van der Waals surface area contributed by atoms with Crippen molar-refractivity contribution in [1.82, 2.24) is 10.3 Å². The molecule has 3 nitrogen and oxygen atoms in total. The Balaban J connectivity index is 1.87. The molecule has 4 heteroatoms. The molecule has 0 aromatic carbocycles. The summed E-state index contributed by atoms with van der Waals surface area (Å²) in [6.07, 6.45) is 6.59. The molecule has 0 radical (unpaired) electrons. The van der Waals surface area contributed by atoms with Gasteiger partial charge in [0.05, 0.1) is 5.69 Å². The Kier molecular flexibility index (Phi) is 5.26. The van der Waals surface area contributed by atoms with Gasteiger partial charge < -0.3 is 10.2 Å². The summed E-state index contributed by atoms with van der Waals surface area (Å²) < 4.78 is 0. The van der Waals surface area contributed by atoms with E-state index in [1.54, 1.807) is 11.3 Å². The van der Waals surface area contributed by atoms with Crippen LogP contribution in [0.15, 0.2) is 5.38 Å². The first-order valence-electron chi connectivity index (χ1n) is 6.80. The summed E-state index contributed by atoms with van der Waals surface area (Å²) in [5, 5.41) is 6.83. The lowest BCUT2D eigenvalue weighted by Gasteiger charge is -2.18. The van der Waals surface area contributed by atoms with Gasteiger partial charge in [-0.25, -0.2) is 4.98 Å². The van der Waals surface area contributed by atoms with Crippen molar-refractivity contribution in [1.29, 1.82) is 0 Å². The van der Waals surface area contributed by atoms with Gasteiger partial charge in [-0.15, -0.1) is 11.3 Å². The predicted molar refractivity (Wildman–Crippen MR) is 74.8 cm³/mol. The number of rotatable bonds is 5. The standard InChI is InChI=1S/C13H23N3S/c1-2-7-14-10-12-11-17-13(15-12)16-8-5-3-4-6-9-16/h11,14H,2-10H2,1H3. The summed E-state index contributed by atoms with van der Waals surface area (Å²) in [7, 11) is 0. The van der Waals surface area contributed by atoms with Gasteiger partial charge in [0.1, 0.15) is 0 Å². The maximum Gasteiger partial charge on any atom is 0.185 e. The molecule has 0 atom stereocenters. The third-order valence-corrected chi connectivity index (χ3v) is 4.10. The van der Waals surface area contributed by atoms with Crippen LogP contribution in [0, 0.1) is 0 Å². The molecule has 0 saturated carbocycles. The van der Waals surface area contributed by atoms with Crippen LogP contribution < -0.4 is 10.2 Å². The highest BCUT2D eigenvalue weighted by molar-refractivity contribution is 7.13. The minimum atomic E-state index is 0.915. The molecule has 0 bridgehead atoms. The average molecular weight is 253 g/mol. The van der Waals surface area contributed by atoms with Crippen LogP contribution in [0.4, 0.5) is 5.13 Å². The topological polar surface area (TPSA) is 28.2 Å². The first kappa shape index (κ1) is 12.8. The Bertz CT molecular complexity index is 316. The van der Waals surface area contributed by atoms with Crippen molar-refractivity contribution in [2.75, 3.05) is 24.5 Å².